The molecule has 1 amide bonds. The number of carbonyl (C=O) groups excluding carboxylic acids is 1. The van der Waals surface area contributed by atoms with E-state index >= 15 is 0 Å². The molecule has 0 saturated heterocycles. The van der Waals surface area contributed by atoms with Crippen LogP contribution in [0.5, 0.6) is 0 Å². The average molecular weight is 268 g/mol. The Balaban J connectivity index is 2.71. The molecule has 4 nitrogen and oxygen atoms in total. The van der Waals surface area contributed by atoms with Gasteiger partial charge in [-0.05, 0) is 51.5 Å². The summed E-state index contributed by atoms with van der Waals surface area (Å²) in [6.07, 6.45) is 0. The van der Waals surface area contributed by atoms with E-state index in [1.165, 1.54) is 0 Å². The summed E-state index contributed by atoms with van der Waals surface area (Å²) < 4.78 is 12.0. The molecule has 0 radical (unpaired) electrons. The van der Waals surface area contributed by atoms with E-state index in [0.29, 0.717) is 10.6 Å². The number of benzene rings is 1. The van der Waals surface area contributed by atoms with E-state index in [9.17, 15) is 9.00 Å². The van der Waals surface area contributed by atoms with Crippen molar-refractivity contribution in [3.05, 3.63) is 23.8 Å². The van der Waals surface area contributed by atoms with Gasteiger partial charge < -0.3 is 11.1 Å². The zero-order valence-corrected chi connectivity index (χ0v) is 12.1. The fourth-order valence-electron chi connectivity index (χ4n) is 1.45. The van der Waals surface area contributed by atoms with Gasteiger partial charge in [-0.1, -0.05) is 0 Å². The predicted molar refractivity (Wildman–Crippen MR) is 74.8 cm³/mol. The zero-order chi connectivity index (χ0) is 13.9. The van der Waals surface area contributed by atoms with Crippen LogP contribution in [0.25, 0.3) is 0 Å². The van der Waals surface area contributed by atoms with Crippen LogP contribution in [-0.4, -0.2) is 21.4 Å². The monoisotopic (exact) mass is 268 g/mol. The number of nitrogen functional groups attached to an aromatic ring is 1. The number of hydrogen-bond acceptors (Lipinski definition) is 3. The van der Waals surface area contributed by atoms with E-state index < -0.39 is 10.8 Å². The molecule has 0 spiro atoms. The number of aryl methyl sites for hydroxylation is 1. The number of nitrogens with two attached hydrogens (primary N) is 1. The maximum atomic E-state index is 12.0. The van der Waals surface area contributed by atoms with Gasteiger partial charge in [0.25, 0.3) is 0 Å². The Morgan fingerprint density at radius 1 is 1.39 bits per heavy atom. The van der Waals surface area contributed by atoms with Crippen LogP contribution in [0.1, 0.15) is 26.3 Å². The molecule has 1 aromatic rings. The minimum absolute atomic E-state index is 0.0272. The van der Waals surface area contributed by atoms with Crippen LogP contribution in [0.3, 0.4) is 0 Å². The summed E-state index contributed by atoms with van der Waals surface area (Å²) in [4.78, 5) is 12.3. The highest BCUT2D eigenvalue weighted by molar-refractivity contribution is 7.85. The van der Waals surface area contributed by atoms with Gasteiger partial charge in [-0.2, -0.15) is 0 Å². The molecule has 0 aliphatic carbocycles. The van der Waals surface area contributed by atoms with Crippen molar-refractivity contribution in [2.45, 2.75) is 38.1 Å². The maximum absolute atomic E-state index is 12.0. The number of anilines is 1. The first-order valence-corrected chi connectivity index (χ1v) is 7.06. The Labute approximate surface area is 110 Å². The van der Waals surface area contributed by atoms with E-state index in [1.54, 1.807) is 18.2 Å². The maximum Gasteiger partial charge on any atom is 0.233 e. The molecule has 1 rings (SSSR count). The van der Waals surface area contributed by atoms with Crippen molar-refractivity contribution in [2.24, 2.45) is 0 Å². The summed E-state index contributed by atoms with van der Waals surface area (Å²) in [7, 11) is -1.33. The summed E-state index contributed by atoms with van der Waals surface area (Å²) in [5.74, 6) is -0.240. The van der Waals surface area contributed by atoms with E-state index in [-0.39, 0.29) is 17.2 Å². The van der Waals surface area contributed by atoms with Crippen LogP contribution in [0.15, 0.2) is 23.1 Å². The highest BCUT2D eigenvalue weighted by atomic mass is 32.2. The highest BCUT2D eigenvalue weighted by Crippen LogP contribution is 2.15. The van der Waals surface area contributed by atoms with Gasteiger partial charge in [-0.25, -0.2) is 0 Å². The molecule has 0 aliphatic heterocycles. The quantitative estimate of drug-likeness (QED) is 0.818. The standard InChI is InChI=1S/C13H20N2O2S/c1-9-7-10(5-6-11(9)14)18(17)8-12(16)15-13(2,3)4/h5-7H,8,14H2,1-4H3,(H,15,16). The smallest absolute Gasteiger partial charge is 0.233 e. The topological polar surface area (TPSA) is 72.2 Å². The first kappa shape index (κ1) is 14.7. The molecule has 1 atom stereocenters. The van der Waals surface area contributed by atoms with Crippen molar-refractivity contribution in [1.29, 1.82) is 0 Å². The van der Waals surface area contributed by atoms with Gasteiger partial charge in [-0.15, -0.1) is 0 Å². The minimum atomic E-state index is -1.33. The molecule has 0 saturated carbocycles. The van der Waals surface area contributed by atoms with Gasteiger partial charge in [-0.3, -0.25) is 9.00 Å². The average Bonchev–Trinajstić information content (AvgIpc) is 2.18. The van der Waals surface area contributed by atoms with Crippen LogP contribution < -0.4 is 11.1 Å². The summed E-state index contributed by atoms with van der Waals surface area (Å²) in [5.41, 5.74) is 6.92. The van der Waals surface area contributed by atoms with Crippen LogP contribution in [0.4, 0.5) is 5.69 Å². The number of carbonyl (C=O) groups is 1. The second kappa shape index (κ2) is 5.52. The molecule has 5 heteroatoms. The second-order valence-corrected chi connectivity index (χ2v) is 6.76. The molecule has 3 N–H and O–H groups in total. The Morgan fingerprint density at radius 3 is 2.50 bits per heavy atom. The fraction of sp³-hybridized carbons (Fsp3) is 0.462. The lowest BCUT2D eigenvalue weighted by Crippen LogP contribution is -2.42. The lowest BCUT2D eigenvalue weighted by atomic mass is 10.1. The van der Waals surface area contributed by atoms with Crippen molar-refractivity contribution >= 4 is 22.4 Å². The van der Waals surface area contributed by atoms with Crippen molar-refractivity contribution in [3.8, 4) is 0 Å². The van der Waals surface area contributed by atoms with Crippen LogP contribution >= 0.6 is 0 Å². The Morgan fingerprint density at radius 2 is 2.00 bits per heavy atom. The Kier molecular flexibility index (Phi) is 4.51. The van der Waals surface area contributed by atoms with Crippen molar-refractivity contribution < 1.29 is 9.00 Å². The predicted octanol–water partition coefficient (Wildman–Crippen LogP) is 1.60. The molecule has 0 aliphatic rings. The number of amides is 1. The number of nitrogens with one attached hydrogen (secondary N) is 1. The molecule has 0 fully saturated rings. The largest absolute Gasteiger partial charge is 0.399 e. The molecule has 0 bridgehead atoms. The zero-order valence-electron chi connectivity index (χ0n) is 11.2. The molecular formula is C13H20N2O2S. The van der Waals surface area contributed by atoms with Gasteiger partial charge in [0.2, 0.25) is 5.91 Å². The number of rotatable bonds is 3. The molecule has 1 unspecified atom stereocenters. The molecule has 18 heavy (non-hydrogen) atoms. The van der Waals surface area contributed by atoms with Gasteiger partial charge in [0, 0.05) is 16.1 Å². The lowest BCUT2D eigenvalue weighted by molar-refractivity contribution is -0.119. The molecular weight excluding hydrogens is 248 g/mol. The van der Waals surface area contributed by atoms with Gasteiger partial charge in [0.05, 0.1) is 10.8 Å². The normalized spacial score (nSPS) is 13.1. The first-order chi connectivity index (χ1) is 8.19. The van der Waals surface area contributed by atoms with E-state index in [0.717, 1.165) is 5.56 Å². The number of hydrogen-bond donors (Lipinski definition) is 2. The van der Waals surface area contributed by atoms with Gasteiger partial charge in [0.1, 0.15) is 5.75 Å². The third kappa shape index (κ3) is 4.49. The van der Waals surface area contributed by atoms with Crippen molar-refractivity contribution in [2.75, 3.05) is 11.5 Å². The summed E-state index contributed by atoms with van der Waals surface area (Å²) in [5, 5.41) is 2.79. The molecule has 100 valence electrons. The van der Waals surface area contributed by atoms with E-state index in [1.807, 2.05) is 27.7 Å². The first-order valence-electron chi connectivity index (χ1n) is 5.74. The van der Waals surface area contributed by atoms with Crippen LogP contribution in [0, 0.1) is 6.92 Å². The fourth-order valence-corrected chi connectivity index (χ4v) is 2.45. The Hall–Kier alpha value is -1.36. The van der Waals surface area contributed by atoms with Crippen LogP contribution in [-0.2, 0) is 15.6 Å². The summed E-state index contributed by atoms with van der Waals surface area (Å²) >= 11 is 0. The highest BCUT2D eigenvalue weighted by Gasteiger charge is 2.16. The summed E-state index contributed by atoms with van der Waals surface area (Å²) in [6.45, 7) is 7.52. The minimum Gasteiger partial charge on any atom is -0.399 e. The van der Waals surface area contributed by atoms with E-state index in [2.05, 4.69) is 5.32 Å². The lowest BCUT2D eigenvalue weighted by Gasteiger charge is -2.20. The second-order valence-electron chi connectivity index (χ2n) is 5.31. The van der Waals surface area contributed by atoms with Crippen LogP contribution in [0.2, 0.25) is 0 Å². The third-order valence-electron chi connectivity index (χ3n) is 2.28. The third-order valence-corrected chi connectivity index (χ3v) is 3.58. The van der Waals surface area contributed by atoms with Gasteiger partial charge in [0.15, 0.2) is 0 Å². The SMILES string of the molecule is Cc1cc(S(=O)CC(=O)NC(C)(C)C)ccc1N. The Bertz CT molecular complexity index is 478. The molecule has 1 aromatic carbocycles. The van der Waals surface area contributed by atoms with Crippen molar-refractivity contribution in [1.82, 2.24) is 5.32 Å². The molecule has 0 aromatic heterocycles. The van der Waals surface area contributed by atoms with Gasteiger partial charge >= 0.3 is 0 Å². The van der Waals surface area contributed by atoms with Crippen molar-refractivity contribution in [3.63, 3.8) is 0 Å². The van der Waals surface area contributed by atoms with E-state index in [4.69, 9.17) is 5.73 Å². The molecule has 0 heterocycles. The summed E-state index contributed by atoms with van der Waals surface area (Å²) in [6, 6.07) is 5.17.